The fourth-order valence-electron chi connectivity index (χ4n) is 1.88. The van der Waals surface area contributed by atoms with Gasteiger partial charge in [-0.2, -0.15) is 5.10 Å². The summed E-state index contributed by atoms with van der Waals surface area (Å²) in [6.45, 7) is 0. The second kappa shape index (κ2) is 4.25. The highest BCUT2D eigenvalue weighted by Crippen LogP contribution is 2.34. The van der Waals surface area contributed by atoms with Gasteiger partial charge in [0.15, 0.2) is 0 Å². The van der Waals surface area contributed by atoms with E-state index in [1.54, 1.807) is 33.7 Å². The third-order valence-electron chi connectivity index (χ3n) is 2.77. The summed E-state index contributed by atoms with van der Waals surface area (Å²) in [4.78, 5) is 9.78. The van der Waals surface area contributed by atoms with Gasteiger partial charge in [-0.15, -0.1) is 22.7 Å². The van der Waals surface area contributed by atoms with E-state index in [4.69, 9.17) is 0 Å². The lowest BCUT2D eigenvalue weighted by molar-refractivity contribution is 0.883. The maximum absolute atomic E-state index is 4.66. The van der Waals surface area contributed by atoms with Gasteiger partial charge in [0.25, 0.3) is 0 Å². The zero-order chi connectivity index (χ0) is 12.7. The van der Waals surface area contributed by atoms with Crippen molar-refractivity contribution in [2.45, 2.75) is 0 Å². The van der Waals surface area contributed by atoms with E-state index in [-0.39, 0.29) is 0 Å². The van der Waals surface area contributed by atoms with E-state index in [1.165, 1.54) is 11.0 Å². The average Bonchev–Trinajstić information content (AvgIpc) is 3.17. The predicted octanol–water partition coefficient (Wildman–Crippen LogP) is 3.61. The Bertz CT molecular complexity index is 796. The molecule has 0 atom stereocenters. The van der Waals surface area contributed by atoms with Gasteiger partial charge in [-0.3, -0.25) is 0 Å². The van der Waals surface area contributed by atoms with Crippen molar-refractivity contribution in [3.05, 3.63) is 48.4 Å². The molecule has 3 aromatic heterocycles. The molecule has 0 aliphatic rings. The standard InChI is InChI=1S/C13H8N4S2/c1-2-4-11-10(3-1)16-13(19-11)12-5-9(6-18-12)17-8-14-7-15-17/h1-8H. The molecule has 4 aromatic rings. The van der Waals surface area contributed by atoms with Gasteiger partial charge in [0.05, 0.1) is 20.8 Å². The van der Waals surface area contributed by atoms with Crippen LogP contribution in [0.3, 0.4) is 0 Å². The van der Waals surface area contributed by atoms with Crippen LogP contribution in [0, 0.1) is 0 Å². The summed E-state index contributed by atoms with van der Waals surface area (Å²) in [6.07, 6.45) is 3.24. The number of rotatable bonds is 2. The largest absolute Gasteiger partial charge is 0.235 e. The van der Waals surface area contributed by atoms with Gasteiger partial charge < -0.3 is 0 Å². The minimum Gasteiger partial charge on any atom is -0.235 e. The number of hydrogen-bond acceptors (Lipinski definition) is 5. The van der Waals surface area contributed by atoms with E-state index in [2.05, 4.69) is 32.6 Å². The molecule has 0 saturated heterocycles. The van der Waals surface area contributed by atoms with Crippen molar-refractivity contribution >= 4 is 32.9 Å². The number of hydrogen-bond donors (Lipinski definition) is 0. The second-order valence-electron chi connectivity index (χ2n) is 4.00. The first-order valence-electron chi connectivity index (χ1n) is 5.70. The van der Waals surface area contributed by atoms with Gasteiger partial charge in [0.1, 0.15) is 17.7 Å². The molecule has 0 saturated carbocycles. The summed E-state index contributed by atoms with van der Waals surface area (Å²) < 4.78 is 2.97. The third kappa shape index (κ3) is 1.85. The fourth-order valence-corrected chi connectivity index (χ4v) is 3.78. The van der Waals surface area contributed by atoms with E-state index < -0.39 is 0 Å². The number of nitrogens with zero attached hydrogens (tertiary/aromatic N) is 4. The molecule has 3 heterocycles. The highest BCUT2D eigenvalue weighted by atomic mass is 32.1. The number of fused-ring (bicyclic) bond motifs is 1. The zero-order valence-electron chi connectivity index (χ0n) is 9.72. The number of thiophene rings is 1. The number of para-hydroxylation sites is 1. The molecule has 6 heteroatoms. The van der Waals surface area contributed by atoms with Crippen LogP contribution in [-0.4, -0.2) is 19.7 Å². The maximum atomic E-state index is 4.66. The van der Waals surface area contributed by atoms with Crippen molar-refractivity contribution in [3.63, 3.8) is 0 Å². The molecule has 0 N–H and O–H groups in total. The SMILES string of the molecule is c1ccc2sc(-c3cc(-n4cncn4)cs3)nc2c1. The van der Waals surface area contributed by atoms with E-state index in [1.807, 2.05) is 18.2 Å². The van der Waals surface area contributed by atoms with Crippen LogP contribution < -0.4 is 0 Å². The maximum Gasteiger partial charge on any atom is 0.138 e. The topological polar surface area (TPSA) is 43.6 Å². The number of thiazole rings is 1. The molecule has 19 heavy (non-hydrogen) atoms. The highest BCUT2D eigenvalue weighted by Gasteiger charge is 2.09. The molecule has 1 aromatic carbocycles. The Morgan fingerprint density at radius 3 is 2.95 bits per heavy atom. The summed E-state index contributed by atoms with van der Waals surface area (Å²) >= 11 is 3.39. The van der Waals surface area contributed by atoms with E-state index >= 15 is 0 Å². The van der Waals surface area contributed by atoms with Crippen LogP contribution in [0.4, 0.5) is 0 Å². The molecule has 0 amide bonds. The summed E-state index contributed by atoms with van der Waals surface area (Å²) in [5.41, 5.74) is 2.08. The van der Waals surface area contributed by atoms with Gasteiger partial charge in [-0.25, -0.2) is 14.6 Å². The smallest absolute Gasteiger partial charge is 0.138 e. The first-order valence-corrected chi connectivity index (χ1v) is 7.39. The molecular formula is C13H8N4S2. The Kier molecular flexibility index (Phi) is 2.43. The fraction of sp³-hybridized carbons (Fsp3) is 0. The normalized spacial score (nSPS) is 11.2. The van der Waals surface area contributed by atoms with E-state index in [9.17, 15) is 0 Å². The van der Waals surface area contributed by atoms with Gasteiger partial charge >= 0.3 is 0 Å². The molecule has 0 aliphatic heterocycles. The zero-order valence-corrected chi connectivity index (χ0v) is 11.4. The van der Waals surface area contributed by atoms with Gasteiger partial charge in [0, 0.05) is 5.38 Å². The molecule has 0 aliphatic carbocycles. The Balaban J connectivity index is 1.80. The van der Waals surface area contributed by atoms with Gasteiger partial charge in [-0.05, 0) is 18.2 Å². The molecule has 0 fully saturated rings. The summed E-state index contributed by atoms with van der Waals surface area (Å²) in [7, 11) is 0. The molecule has 0 unspecified atom stereocenters. The van der Waals surface area contributed by atoms with Crippen LogP contribution in [-0.2, 0) is 0 Å². The van der Waals surface area contributed by atoms with Gasteiger partial charge in [-0.1, -0.05) is 12.1 Å². The van der Waals surface area contributed by atoms with Gasteiger partial charge in [0.2, 0.25) is 0 Å². The van der Waals surface area contributed by atoms with Crippen LogP contribution in [0.1, 0.15) is 0 Å². The van der Waals surface area contributed by atoms with Crippen LogP contribution >= 0.6 is 22.7 Å². The molecular weight excluding hydrogens is 276 g/mol. The second-order valence-corrected chi connectivity index (χ2v) is 5.94. The lowest BCUT2D eigenvalue weighted by Gasteiger charge is -1.92. The van der Waals surface area contributed by atoms with Crippen molar-refractivity contribution in [3.8, 4) is 15.6 Å². The van der Waals surface area contributed by atoms with Crippen molar-refractivity contribution in [2.75, 3.05) is 0 Å². The van der Waals surface area contributed by atoms with Crippen molar-refractivity contribution < 1.29 is 0 Å². The molecule has 0 spiro atoms. The average molecular weight is 284 g/mol. The van der Waals surface area contributed by atoms with Crippen molar-refractivity contribution in [1.29, 1.82) is 0 Å². The van der Waals surface area contributed by atoms with Crippen LogP contribution in [0.5, 0.6) is 0 Å². The number of aromatic nitrogens is 4. The molecule has 4 rings (SSSR count). The first kappa shape index (κ1) is 10.8. The number of benzene rings is 1. The Morgan fingerprint density at radius 2 is 2.11 bits per heavy atom. The van der Waals surface area contributed by atoms with Crippen LogP contribution in [0.2, 0.25) is 0 Å². The summed E-state index contributed by atoms with van der Waals surface area (Å²) in [5.74, 6) is 0. The minimum absolute atomic E-state index is 1.02. The van der Waals surface area contributed by atoms with E-state index in [0.717, 1.165) is 21.1 Å². The monoisotopic (exact) mass is 284 g/mol. The molecule has 0 bridgehead atoms. The van der Waals surface area contributed by atoms with Crippen LogP contribution in [0.15, 0.2) is 48.4 Å². The Hall–Kier alpha value is -2.05. The first-order chi connectivity index (χ1) is 9.40. The lowest BCUT2D eigenvalue weighted by atomic mass is 10.3. The van der Waals surface area contributed by atoms with Crippen molar-refractivity contribution in [1.82, 2.24) is 19.7 Å². The summed E-state index contributed by atoms with van der Waals surface area (Å²) in [6, 6.07) is 10.3. The molecule has 92 valence electrons. The predicted molar refractivity (Wildman–Crippen MR) is 77.9 cm³/mol. The Labute approximate surface area is 117 Å². The summed E-state index contributed by atoms with van der Waals surface area (Å²) in [5, 5.41) is 7.25. The minimum atomic E-state index is 1.02. The molecule has 4 nitrogen and oxygen atoms in total. The lowest BCUT2D eigenvalue weighted by Crippen LogP contribution is -1.90. The third-order valence-corrected chi connectivity index (χ3v) is 4.90. The quantitative estimate of drug-likeness (QED) is 0.565. The highest BCUT2D eigenvalue weighted by molar-refractivity contribution is 7.25. The Morgan fingerprint density at radius 1 is 1.16 bits per heavy atom. The van der Waals surface area contributed by atoms with E-state index in [0.29, 0.717) is 0 Å². The van der Waals surface area contributed by atoms with Crippen LogP contribution in [0.25, 0.3) is 25.8 Å². The molecule has 0 radical (unpaired) electrons. The van der Waals surface area contributed by atoms with Crippen molar-refractivity contribution in [2.24, 2.45) is 0 Å².